The molecule has 0 aromatic heterocycles. The molecule has 1 aliphatic heterocycles. The molecule has 105 heavy (non-hydrogen) atoms. The zero-order valence-corrected chi connectivity index (χ0v) is 58.3. The fourth-order valence-electron chi connectivity index (χ4n) is 15.1. The third-order valence-corrected chi connectivity index (χ3v) is 20.5. The number of fused-ring (bicyclic) bond motifs is 12. The smallest absolute Gasteiger partial charge is 0.227 e. The van der Waals surface area contributed by atoms with Gasteiger partial charge in [-0.25, -0.2) is 0 Å². The first-order valence-corrected chi connectivity index (χ1v) is 36.3. The Bertz CT molecular complexity index is 5710. The summed E-state index contributed by atoms with van der Waals surface area (Å²) >= 11 is 0. The first-order valence-electron chi connectivity index (χ1n) is 36.3. The molecule has 0 amide bonds. The second-order valence-corrected chi connectivity index (χ2v) is 27.0. The van der Waals surface area contributed by atoms with Crippen LogP contribution in [-0.2, 0) is 28.4 Å². The van der Waals surface area contributed by atoms with Gasteiger partial charge in [0.05, 0.1) is 66.1 Å². The molecule has 1 N–H and O–H groups in total. The first-order chi connectivity index (χ1) is 51.9. The van der Waals surface area contributed by atoms with E-state index in [0.717, 1.165) is 83.5 Å². The van der Waals surface area contributed by atoms with E-state index in [4.69, 9.17) is 28.4 Å². The van der Waals surface area contributed by atoms with Crippen molar-refractivity contribution in [3.8, 4) is 89.0 Å². The van der Waals surface area contributed by atoms with Gasteiger partial charge in [-0.15, -0.1) is 0 Å². The molecule has 0 radical (unpaired) electrons. The van der Waals surface area contributed by atoms with Crippen molar-refractivity contribution in [2.45, 2.75) is 5.72 Å². The van der Waals surface area contributed by atoms with Crippen LogP contribution in [0.4, 0.5) is 5.69 Å². The van der Waals surface area contributed by atoms with E-state index < -0.39 is 5.72 Å². The monoisotopic (exact) mass is 1370 g/mol. The van der Waals surface area contributed by atoms with E-state index in [0.29, 0.717) is 57.5 Å². The molecule has 0 spiro atoms. The predicted molar refractivity (Wildman–Crippen MR) is 432 cm³/mol. The van der Waals surface area contributed by atoms with Gasteiger partial charge in [-0.2, -0.15) is 0 Å². The van der Waals surface area contributed by atoms with Gasteiger partial charge >= 0.3 is 0 Å². The van der Waals surface area contributed by atoms with E-state index in [9.17, 15) is 0 Å². The fourth-order valence-corrected chi connectivity index (χ4v) is 15.1. The summed E-state index contributed by atoms with van der Waals surface area (Å²) in [4.78, 5) is 15.8. The molecular formula is C97H77NO7. The molecule has 0 saturated carbocycles. The summed E-state index contributed by atoms with van der Waals surface area (Å²) in [7, 11) is 0. The van der Waals surface area contributed by atoms with Crippen molar-refractivity contribution < 1.29 is 33.2 Å². The lowest BCUT2D eigenvalue weighted by Gasteiger charge is -2.34. The summed E-state index contributed by atoms with van der Waals surface area (Å²) in [5, 5.41) is 18.7. The van der Waals surface area contributed by atoms with Crippen molar-refractivity contribution in [2.75, 3.05) is 78.0 Å². The topological polar surface area (TPSA) is 84.5 Å². The van der Waals surface area contributed by atoms with Crippen LogP contribution >= 0.6 is 0 Å². The Morgan fingerprint density at radius 2 is 0.467 bits per heavy atom. The van der Waals surface area contributed by atoms with Crippen molar-refractivity contribution in [3.05, 3.63) is 333 Å². The van der Waals surface area contributed by atoms with E-state index >= 15 is 4.79 Å². The molecule has 16 aromatic carbocycles. The molecule has 8 heteroatoms. The van der Waals surface area contributed by atoms with Crippen molar-refractivity contribution in [2.24, 2.45) is 0 Å². The quantitative estimate of drug-likeness (QED) is 0.0957. The Morgan fingerprint density at radius 1 is 0.219 bits per heavy atom. The number of ketones is 1. The zero-order valence-electron chi connectivity index (χ0n) is 58.3. The highest BCUT2D eigenvalue weighted by molar-refractivity contribution is 6.27. The van der Waals surface area contributed by atoms with Crippen molar-refractivity contribution in [1.29, 1.82) is 0 Å². The lowest BCUT2D eigenvalue weighted by molar-refractivity contribution is -0.0854. The number of benzene rings is 16. The number of carbonyl (C=O) groups is 1. The number of hydrogen-bond donors (Lipinski definition) is 1. The molecule has 1 fully saturated rings. The van der Waals surface area contributed by atoms with E-state index in [1.165, 1.54) is 70.2 Å². The lowest BCUT2D eigenvalue weighted by Crippen LogP contribution is -2.53. The Morgan fingerprint density at radius 3 is 0.810 bits per heavy atom. The molecule has 1 atom stereocenters. The largest absolute Gasteiger partial charge is 0.377 e. The maximum Gasteiger partial charge on any atom is 0.227 e. The van der Waals surface area contributed by atoms with E-state index in [1.54, 1.807) is 0 Å². The zero-order chi connectivity index (χ0) is 70.3. The number of ether oxygens (including phenoxy) is 6. The SMILES string of the molecule is O=C(c1ccc(-c2cc(-c3ccccc3)cc(-c3ccc(-c4ccc5c6ccccc6c6ccccc6c5c4)cc3)c2)cc1)C1(Nc2ccc(-c3cc(-c4ccccc4)cc(-c4ccc(-c5ccc6c7ccccc7c7ccccc7c6c5)cc4)c3)cc2)COCCOCCOCCOCCOCCO1. The molecule has 1 heterocycles. The molecule has 512 valence electrons. The van der Waals surface area contributed by atoms with Gasteiger partial charge in [0, 0.05) is 11.3 Å². The maximum absolute atomic E-state index is 15.8. The molecule has 8 nitrogen and oxygen atoms in total. The summed E-state index contributed by atoms with van der Waals surface area (Å²) in [5.74, 6) is -0.300. The van der Waals surface area contributed by atoms with Crippen LogP contribution in [0.15, 0.2) is 328 Å². The number of nitrogens with one attached hydrogen (secondary N) is 1. The number of rotatable bonds is 12. The van der Waals surface area contributed by atoms with Crippen LogP contribution in [0, 0.1) is 0 Å². The van der Waals surface area contributed by atoms with Crippen LogP contribution in [0.1, 0.15) is 10.4 Å². The average Bonchev–Trinajstić information content (AvgIpc) is 0.755. The lowest BCUT2D eigenvalue weighted by atomic mass is 9.90. The van der Waals surface area contributed by atoms with Crippen LogP contribution in [0.3, 0.4) is 0 Å². The number of anilines is 1. The Hall–Kier alpha value is -11.7. The van der Waals surface area contributed by atoms with Gasteiger partial charge in [0.1, 0.15) is 6.61 Å². The normalized spacial score (nSPS) is 15.2. The summed E-state index contributed by atoms with van der Waals surface area (Å²) in [6.07, 6.45) is 0. The van der Waals surface area contributed by atoms with Crippen LogP contribution in [0.25, 0.3) is 154 Å². The van der Waals surface area contributed by atoms with Crippen LogP contribution < -0.4 is 5.32 Å². The number of carbonyl (C=O) groups excluding carboxylic acids is 1. The molecule has 16 aromatic rings. The minimum absolute atomic E-state index is 0.0810. The molecule has 1 unspecified atom stereocenters. The number of Topliss-reactive ketones (excluding diaryl/α,β-unsaturated/α-hetero) is 1. The second kappa shape index (κ2) is 30.3. The van der Waals surface area contributed by atoms with Crippen LogP contribution in [0.5, 0.6) is 0 Å². The van der Waals surface area contributed by atoms with E-state index in [2.05, 4.69) is 290 Å². The fraction of sp³-hybridized carbons (Fsp3) is 0.124. The van der Waals surface area contributed by atoms with Gasteiger partial charge in [0.25, 0.3) is 0 Å². The highest BCUT2D eigenvalue weighted by Gasteiger charge is 2.41. The van der Waals surface area contributed by atoms with Crippen molar-refractivity contribution in [1.82, 2.24) is 0 Å². The standard InChI is InChI=1S/C97H77NO7/c99-96(74-37-35-72(36-38-74)81-59-77(66-15-3-1-4-16-66)57-79(61-81)70-31-27-68(28-32-70)75-41-45-92-88-23-9-7-19-84(88)86-21-11-13-25-90(86)94(92)63-75)97(65-104-54-53-102-50-49-100-47-48-101-51-52-103-55-56-105-97)98-83-43-39-73(40-44-83)82-60-78(67-17-5-2-6-18-67)58-80(62-82)71-33-29-69(30-34-71)76-42-46-93-89-24-10-8-20-85(89)87-22-12-14-26-91(87)95(93)64-76/h1-46,57-64,98H,47-56,65H2. The van der Waals surface area contributed by atoms with Crippen LogP contribution in [-0.4, -0.2) is 84.2 Å². The minimum Gasteiger partial charge on any atom is -0.377 e. The van der Waals surface area contributed by atoms with Crippen molar-refractivity contribution >= 4 is 76.1 Å². The summed E-state index contributed by atoms with van der Waals surface area (Å²) in [6.45, 7) is 3.09. The molecule has 17 rings (SSSR count). The number of hydrogen-bond acceptors (Lipinski definition) is 8. The Labute approximate surface area is 611 Å². The Kier molecular flexibility index (Phi) is 19.2. The molecule has 1 aliphatic rings. The second-order valence-electron chi connectivity index (χ2n) is 27.0. The van der Waals surface area contributed by atoms with Crippen LogP contribution in [0.2, 0.25) is 0 Å². The third-order valence-electron chi connectivity index (χ3n) is 20.5. The highest BCUT2D eigenvalue weighted by atomic mass is 16.6. The van der Waals surface area contributed by atoms with Crippen molar-refractivity contribution in [3.63, 3.8) is 0 Å². The molecule has 0 aliphatic carbocycles. The highest BCUT2D eigenvalue weighted by Crippen LogP contribution is 2.42. The van der Waals surface area contributed by atoms with E-state index in [1.807, 2.05) is 42.5 Å². The minimum atomic E-state index is -1.71. The summed E-state index contributed by atoms with van der Waals surface area (Å²) in [6, 6.07) is 117. The van der Waals surface area contributed by atoms with Gasteiger partial charge < -0.3 is 33.7 Å². The third kappa shape index (κ3) is 14.1. The molecular weight excluding hydrogens is 1290 g/mol. The average molecular weight is 1370 g/mol. The van der Waals surface area contributed by atoms with Gasteiger partial charge in [0.15, 0.2) is 0 Å². The van der Waals surface area contributed by atoms with E-state index in [-0.39, 0.29) is 32.2 Å². The van der Waals surface area contributed by atoms with Gasteiger partial charge in [0.2, 0.25) is 11.5 Å². The summed E-state index contributed by atoms with van der Waals surface area (Å²) < 4.78 is 36.8. The van der Waals surface area contributed by atoms with Gasteiger partial charge in [-0.3, -0.25) is 4.79 Å². The maximum atomic E-state index is 15.8. The first kappa shape index (κ1) is 66.5. The predicted octanol–water partition coefficient (Wildman–Crippen LogP) is 23.0. The van der Waals surface area contributed by atoms with Gasteiger partial charge in [-0.1, -0.05) is 267 Å². The Balaban J connectivity index is 0.675. The summed E-state index contributed by atoms with van der Waals surface area (Å²) in [5.41, 5.74) is 16.8. The molecule has 0 bridgehead atoms. The molecule has 1 saturated heterocycles. The van der Waals surface area contributed by atoms with Gasteiger partial charge in [-0.05, 0) is 214 Å².